The van der Waals surface area contributed by atoms with E-state index in [0.29, 0.717) is 98.2 Å². The second kappa shape index (κ2) is 23.2. The number of ether oxygens (including phenoxy) is 2. The number of pyridine rings is 2. The summed E-state index contributed by atoms with van der Waals surface area (Å²) in [5.74, 6) is -3.30. The van der Waals surface area contributed by atoms with Crippen molar-refractivity contribution in [1.82, 2.24) is 29.6 Å². The van der Waals surface area contributed by atoms with E-state index in [4.69, 9.17) is 9.47 Å². The second-order valence-corrected chi connectivity index (χ2v) is 19.1. The number of aromatic nitrogens is 2. The Labute approximate surface area is 408 Å². The predicted molar refractivity (Wildman–Crippen MR) is 254 cm³/mol. The maximum absolute atomic E-state index is 13.6. The summed E-state index contributed by atoms with van der Waals surface area (Å²) in [6.45, 7) is 19.4. The third-order valence-corrected chi connectivity index (χ3v) is 11.4. The lowest BCUT2D eigenvalue weighted by Crippen LogP contribution is -2.50. The second-order valence-electron chi connectivity index (χ2n) is 18.3. The van der Waals surface area contributed by atoms with Crippen molar-refractivity contribution in [2.45, 2.75) is 79.7 Å². The predicted octanol–water partition coefficient (Wildman–Crippen LogP) is 8.79. The van der Waals surface area contributed by atoms with Crippen LogP contribution in [0.5, 0.6) is 0 Å². The van der Waals surface area contributed by atoms with Crippen molar-refractivity contribution < 1.29 is 46.2 Å². The molecule has 2 aliphatic rings. The number of piperazine rings is 2. The standard InChI is InChI=1S/C25H29F2N5O3.C24H29BrF2N4O3/c1-5-30(16-17-6-7-20(26)21(27)12-17)23(33)19-13-18(14-28)22(29-15-19)31-8-10-32(11-9-31)24(34)35-25(2,3)4;1-5-29(15-16-6-7-19(26)20(27)12-16)22(32)17-13-18(25)21(28-14-17)30-8-10-31(11-9-30)23(33)34-24(2,3)4/h6-7,12-13,15H,5,8-11,16H2,1-4H3;6-7,12-14H,5,8-11,15H2,1-4H3. The number of anilines is 2. The minimum absolute atomic E-state index is 0.0861. The van der Waals surface area contributed by atoms with Crippen molar-refractivity contribution in [2.24, 2.45) is 0 Å². The number of rotatable bonds is 10. The van der Waals surface area contributed by atoms with Crippen molar-refractivity contribution in [3.63, 3.8) is 0 Å². The molecule has 69 heavy (non-hydrogen) atoms. The first-order valence-electron chi connectivity index (χ1n) is 22.5. The van der Waals surface area contributed by atoms with Crippen molar-refractivity contribution in [3.05, 3.63) is 116 Å². The first-order valence-corrected chi connectivity index (χ1v) is 23.3. The maximum atomic E-state index is 13.6. The highest BCUT2D eigenvalue weighted by Gasteiger charge is 2.30. The van der Waals surface area contributed by atoms with Crippen LogP contribution in [0, 0.1) is 34.6 Å². The summed E-state index contributed by atoms with van der Waals surface area (Å²) in [5, 5.41) is 9.71. The molecule has 370 valence electrons. The summed E-state index contributed by atoms with van der Waals surface area (Å²) >= 11 is 3.52. The van der Waals surface area contributed by atoms with E-state index in [1.54, 1.807) is 22.8 Å². The number of carbonyl (C=O) groups is 4. The highest BCUT2D eigenvalue weighted by molar-refractivity contribution is 9.10. The van der Waals surface area contributed by atoms with Crippen molar-refractivity contribution in [1.29, 1.82) is 5.26 Å². The molecule has 0 unspecified atom stereocenters. The van der Waals surface area contributed by atoms with Crippen LogP contribution in [-0.2, 0) is 22.6 Å². The summed E-state index contributed by atoms with van der Waals surface area (Å²) in [6, 6.07) is 12.4. The normalized spacial score (nSPS) is 14.0. The van der Waals surface area contributed by atoms with Crippen LogP contribution in [0.4, 0.5) is 38.8 Å². The Morgan fingerprint density at radius 1 is 0.623 bits per heavy atom. The van der Waals surface area contributed by atoms with Gasteiger partial charge in [-0.15, -0.1) is 0 Å². The zero-order valence-electron chi connectivity index (χ0n) is 40.1. The van der Waals surface area contributed by atoms with Gasteiger partial charge in [-0.25, -0.2) is 37.1 Å². The molecule has 0 aliphatic carbocycles. The maximum Gasteiger partial charge on any atom is 0.410 e. The number of halogens is 5. The zero-order chi connectivity index (χ0) is 50.8. The van der Waals surface area contributed by atoms with Crippen molar-refractivity contribution in [3.8, 4) is 6.07 Å². The summed E-state index contributed by atoms with van der Waals surface area (Å²) in [5.41, 5.74) is 0.676. The third kappa shape index (κ3) is 14.8. The number of amides is 4. The van der Waals surface area contributed by atoms with Crippen LogP contribution in [-0.4, -0.2) is 130 Å². The monoisotopic (exact) mass is 1020 g/mol. The molecule has 2 aromatic carbocycles. The molecule has 0 saturated carbocycles. The van der Waals surface area contributed by atoms with E-state index in [0.717, 1.165) is 24.3 Å². The number of carbonyl (C=O) groups excluding carboxylic acids is 4. The Bertz CT molecular complexity index is 2530. The molecule has 2 aromatic heterocycles. The van der Waals surface area contributed by atoms with Gasteiger partial charge in [0.15, 0.2) is 23.3 Å². The van der Waals surface area contributed by atoms with E-state index in [2.05, 4.69) is 32.0 Å². The Kier molecular flexibility index (Phi) is 18.0. The van der Waals surface area contributed by atoms with E-state index in [1.165, 1.54) is 40.4 Å². The largest absolute Gasteiger partial charge is 0.444 e. The average molecular weight is 1020 g/mol. The lowest BCUT2D eigenvalue weighted by atomic mass is 10.1. The van der Waals surface area contributed by atoms with Gasteiger partial charge in [-0.2, -0.15) is 5.26 Å². The topological polar surface area (TPSA) is 156 Å². The smallest absolute Gasteiger partial charge is 0.410 e. The fourth-order valence-corrected chi connectivity index (χ4v) is 7.88. The molecule has 0 bridgehead atoms. The van der Waals surface area contributed by atoms with Crippen LogP contribution in [0.1, 0.15) is 92.8 Å². The fourth-order valence-electron chi connectivity index (χ4n) is 7.28. The SMILES string of the molecule is CCN(Cc1ccc(F)c(F)c1)C(=O)c1cnc(N2CCN(C(=O)OC(C)(C)C)CC2)c(Br)c1.CCN(Cc1ccc(F)c(F)c1)C(=O)c1cnc(N2CCN(C(=O)OC(C)(C)C)CC2)c(C#N)c1. The Balaban J connectivity index is 0.000000258. The minimum atomic E-state index is -0.976. The Morgan fingerprint density at radius 3 is 1.38 bits per heavy atom. The molecule has 2 aliphatic heterocycles. The molecule has 6 rings (SSSR count). The lowest BCUT2D eigenvalue weighted by Gasteiger charge is -2.36. The van der Waals surface area contributed by atoms with Gasteiger partial charge in [-0.1, -0.05) is 12.1 Å². The molecule has 0 radical (unpaired) electrons. The number of nitriles is 1. The van der Waals surface area contributed by atoms with E-state index in [1.807, 2.05) is 58.3 Å². The van der Waals surface area contributed by atoms with Crippen LogP contribution in [0.2, 0.25) is 0 Å². The van der Waals surface area contributed by atoms with Crippen molar-refractivity contribution >= 4 is 51.6 Å². The van der Waals surface area contributed by atoms with E-state index >= 15 is 0 Å². The highest BCUT2D eigenvalue weighted by Crippen LogP contribution is 2.28. The summed E-state index contributed by atoms with van der Waals surface area (Å²) in [6.07, 6.45) is 2.21. The molecule has 2 saturated heterocycles. The van der Waals surface area contributed by atoms with Gasteiger partial charge in [0.1, 0.15) is 28.9 Å². The molecular formula is C49H58BrF4N9O6. The molecule has 4 heterocycles. The number of hydrogen-bond donors (Lipinski definition) is 0. The highest BCUT2D eigenvalue weighted by atomic mass is 79.9. The van der Waals surface area contributed by atoms with E-state index in [9.17, 15) is 42.0 Å². The summed E-state index contributed by atoms with van der Waals surface area (Å²) in [7, 11) is 0. The van der Waals surface area contributed by atoms with Crippen LogP contribution < -0.4 is 9.80 Å². The molecule has 0 atom stereocenters. The van der Waals surface area contributed by atoms with Gasteiger partial charge < -0.3 is 38.9 Å². The molecule has 2 fully saturated rings. The Morgan fingerprint density at radius 2 is 1.01 bits per heavy atom. The fraction of sp³-hybridized carbons (Fsp3) is 0.449. The van der Waals surface area contributed by atoms with Gasteiger partial charge in [0, 0.05) is 90.9 Å². The number of benzene rings is 2. The lowest BCUT2D eigenvalue weighted by molar-refractivity contribution is 0.0230. The first kappa shape index (κ1) is 53.5. The molecule has 4 amide bonds. The average Bonchev–Trinajstić information content (AvgIpc) is 3.30. The van der Waals surface area contributed by atoms with Crippen LogP contribution in [0.25, 0.3) is 0 Å². The van der Waals surface area contributed by atoms with Gasteiger partial charge in [0.05, 0.1) is 21.2 Å². The van der Waals surface area contributed by atoms with Gasteiger partial charge in [0.25, 0.3) is 11.8 Å². The van der Waals surface area contributed by atoms with E-state index in [-0.39, 0.29) is 48.2 Å². The van der Waals surface area contributed by atoms with Gasteiger partial charge in [-0.3, -0.25) is 9.59 Å². The van der Waals surface area contributed by atoms with Gasteiger partial charge >= 0.3 is 12.2 Å². The molecule has 20 heteroatoms. The van der Waals surface area contributed by atoms with Crippen LogP contribution in [0.15, 0.2) is 65.4 Å². The summed E-state index contributed by atoms with van der Waals surface area (Å²) < 4.78 is 65.0. The van der Waals surface area contributed by atoms with Gasteiger partial charge in [-0.05, 0) is 119 Å². The molecule has 0 spiro atoms. The van der Waals surface area contributed by atoms with Crippen LogP contribution in [0.3, 0.4) is 0 Å². The quantitative estimate of drug-likeness (QED) is 0.140. The minimum Gasteiger partial charge on any atom is -0.444 e. The number of hydrogen-bond acceptors (Lipinski definition) is 11. The number of nitrogens with zero attached hydrogens (tertiary/aromatic N) is 9. The van der Waals surface area contributed by atoms with Crippen molar-refractivity contribution in [2.75, 3.05) is 75.2 Å². The van der Waals surface area contributed by atoms with Crippen LogP contribution >= 0.6 is 15.9 Å². The zero-order valence-corrected chi connectivity index (χ0v) is 41.7. The van der Waals surface area contributed by atoms with E-state index < -0.39 is 34.5 Å². The molecular weight excluding hydrogens is 966 g/mol. The summed E-state index contributed by atoms with van der Waals surface area (Å²) in [4.78, 5) is 69.8. The molecule has 4 aromatic rings. The molecule has 0 N–H and O–H groups in total. The Hall–Kier alpha value is -6.49. The molecule has 15 nitrogen and oxygen atoms in total. The first-order chi connectivity index (χ1) is 32.5. The third-order valence-electron chi connectivity index (χ3n) is 10.8. The van der Waals surface area contributed by atoms with Gasteiger partial charge in [0.2, 0.25) is 0 Å².